The lowest BCUT2D eigenvalue weighted by molar-refractivity contribution is 0.102. The van der Waals surface area contributed by atoms with E-state index in [2.05, 4.69) is 20.5 Å². The molecule has 5 rings (SSSR count). The summed E-state index contributed by atoms with van der Waals surface area (Å²) in [6, 6.07) is 19.0. The van der Waals surface area contributed by atoms with Crippen LogP contribution < -0.4 is 5.32 Å². The number of rotatable bonds is 4. The van der Waals surface area contributed by atoms with Crippen LogP contribution in [0.25, 0.3) is 32.7 Å². The fourth-order valence-corrected chi connectivity index (χ4v) is 3.88. The molecule has 5 aromatic rings. The highest BCUT2D eigenvalue weighted by Crippen LogP contribution is 2.30. The number of pyridine rings is 1. The summed E-state index contributed by atoms with van der Waals surface area (Å²) in [6.07, 6.45) is 5.01. The van der Waals surface area contributed by atoms with Crippen LogP contribution in [0.2, 0.25) is 0 Å². The standard InChI is InChI=1S/C22H14N4O2S/c27-20(24-22-26-25-21(29-22)14-7-9-23-10-8-14)18-13-16(19-6-3-11-28-19)12-15-4-1-2-5-17(15)18/h1-13H,(H,24,26,27). The third-order valence-electron chi connectivity index (χ3n) is 4.48. The van der Waals surface area contributed by atoms with E-state index in [4.69, 9.17) is 4.42 Å². The highest BCUT2D eigenvalue weighted by Gasteiger charge is 2.16. The van der Waals surface area contributed by atoms with E-state index in [9.17, 15) is 4.79 Å². The number of carbonyl (C=O) groups is 1. The van der Waals surface area contributed by atoms with Gasteiger partial charge in [0.05, 0.1) is 6.26 Å². The molecule has 140 valence electrons. The van der Waals surface area contributed by atoms with Crippen molar-refractivity contribution in [2.75, 3.05) is 5.32 Å². The van der Waals surface area contributed by atoms with Crippen molar-refractivity contribution in [1.29, 1.82) is 0 Å². The Labute approximate surface area is 169 Å². The zero-order chi connectivity index (χ0) is 19.6. The number of hydrogen-bond acceptors (Lipinski definition) is 6. The minimum atomic E-state index is -0.243. The molecule has 0 radical (unpaired) electrons. The highest BCUT2D eigenvalue weighted by atomic mass is 32.1. The Kier molecular flexibility index (Phi) is 4.34. The molecule has 6 nitrogen and oxygen atoms in total. The van der Waals surface area contributed by atoms with Crippen LogP contribution in [0.3, 0.4) is 0 Å². The third-order valence-corrected chi connectivity index (χ3v) is 5.37. The fraction of sp³-hybridized carbons (Fsp3) is 0. The van der Waals surface area contributed by atoms with Crippen LogP contribution in [0.5, 0.6) is 0 Å². The molecule has 1 N–H and O–H groups in total. The molecule has 0 saturated carbocycles. The number of nitrogens with zero attached hydrogens (tertiary/aromatic N) is 3. The molecule has 0 fully saturated rings. The Morgan fingerprint density at radius 2 is 1.79 bits per heavy atom. The lowest BCUT2D eigenvalue weighted by Gasteiger charge is -2.09. The van der Waals surface area contributed by atoms with Gasteiger partial charge in [-0.05, 0) is 47.2 Å². The maximum Gasteiger partial charge on any atom is 0.258 e. The van der Waals surface area contributed by atoms with E-state index < -0.39 is 0 Å². The van der Waals surface area contributed by atoms with Gasteiger partial charge in [-0.3, -0.25) is 15.1 Å². The number of nitrogens with one attached hydrogen (secondary N) is 1. The second kappa shape index (κ2) is 7.29. The largest absolute Gasteiger partial charge is 0.464 e. The molecular weight excluding hydrogens is 384 g/mol. The lowest BCUT2D eigenvalue weighted by atomic mass is 9.99. The summed E-state index contributed by atoms with van der Waals surface area (Å²) in [6.45, 7) is 0. The summed E-state index contributed by atoms with van der Waals surface area (Å²) in [5, 5.41) is 14.1. The zero-order valence-corrected chi connectivity index (χ0v) is 15.9. The number of furan rings is 1. The average molecular weight is 398 g/mol. The monoisotopic (exact) mass is 398 g/mol. The molecule has 0 saturated heterocycles. The fourth-order valence-electron chi connectivity index (χ4n) is 3.13. The quantitative estimate of drug-likeness (QED) is 0.446. The van der Waals surface area contributed by atoms with Crippen LogP contribution in [0, 0.1) is 0 Å². The normalized spacial score (nSPS) is 10.9. The van der Waals surface area contributed by atoms with Crippen molar-refractivity contribution in [2.24, 2.45) is 0 Å². The molecule has 0 unspecified atom stereocenters. The van der Waals surface area contributed by atoms with Gasteiger partial charge in [-0.25, -0.2) is 0 Å². The number of benzene rings is 2. The summed E-state index contributed by atoms with van der Waals surface area (Å²) in [7, 11) is 0. The van der Waals surface area contributed by atoms with Gasteiger partial charge >= 0.3 is 0 Å². The Morgan fingerprint density at radius 1 is 0.931 bits per heavy atom. The maximum atomic E-state index is 13.1. The summed E-state index contributed by atoms with van der Waals surface area (Å²) in [4.78, 5) is 17.1. The van der Waals surface area contributed by atoms with Gasteiger partial charge in [-0.1, -0.05) is 35.6 Å². The number of aromatic nitrogens is 3. The molecule has 0 aliphatic heterocycles. The number of fused-ring (bicyclic) bond motifs is 1. The van der Waals surface area contributed by atoms with Gasteiger partial charge in [-0.15, -0.1) is 10.2 Å². The SMILES string of the molecule is O=C(Nc1nnc(-c2ccncc2)s1)c1cc(-c2ccco2)cc2ccccc12. The predicted octanol–water partition coefficient (Wildman–Crippen LogP) is 5.27. The molecule has 0 aliphatic carbocycles. The van der Waals surface area contributed by atoms with E-state index in [0.29, 0.717) is 16.5 Å². The maximum absolute atomic E-state index is 13.1. The third kappa shape index (κ3) is 3.39. The highest BCUT2D eigenvalue weighted by molar-refractivity contribution is 7.18. The first-order valence-corrected chi connectivity index (χ1v) is 9.71. The second-order valence-electron chi connectivity index (χ2n) is 6.32. The first-order chi connectivity index (χ1) is 14.3. The number of anilines is 1. The molecule has 0 aliphatic rings. The first kappa shape index (κ1) is 17.3. The molecule has 0 atom stereocenters. The van der Waals surface area contributed by atoms with E-state index in [0.717, 1.165) is 26.9 Å². The van der Waals surface area contributed by atoms with Crippen molar-refractivity contribution in [3.8, 4) is 21.9 Å². The van der Waals surface area contributed by atoms with E-state index in [-0.39, 0.29) is 5.91 Å². The smallest absolute Gasteiger partial charge is 0.258 e. The zero-order valence-electron chi connectivity index (χ0n) is 15.1. The van der Waals surface area contributed by atoms with Gasteiger partial charge < -0.3 is 4.42 Å². The van der Waals surface area contributed by atoms with E-state index in [1.54, 1.807) is 18.7 Å². The Morgan fingerprint density at radius 3 is 2.62 bits per heavy atom. The lowest BCUT2D eigenvalue weighted by Crippen LogP contribution is -2.12. The number of amides is 1. The Bertz CT molecular complexity index is 1300. The van der Waals surface area contributed by atoms with Crippen LogP contribution in [-0.4, -0.2) is 21.1 Å². The van der Waals surface area contributed by atoms with Crippen molar-refractivity contribution in [2.45, 2.75) is 0 Å². The van der Waals surface area contributed by atoms with Gasteiger partial charge in [0.25, 0.3) is 5.91 Å². The molecule has 0 spiro atoms. The van der Waals surface area contributed by atoms with Crippen molar-refractivity contribution in [1.82, 2.24) is 15.2 Å². The summed E-state index contributed by atoms with van der Waals surface area (Å²) < 4.78 is 5.52. The van der Waals surface area contributed by atoms with E-state index in [1.165, 1.54) is 11.3 Å². The molecule has 29 heavy (non-hydrogen) atoms. The van der Waals surface area contributed by atoms with Crippen LogP contribution in [0.1, 0.15) is 10.4 Å². The Hall–Kier alpha value is -3.84. The van der Waals surface area contributed by atoms with Crippen molar-refractivity contribution < 1.29 is 9.21 Å². The van der Waals surface area contributed by atoms with E-state index >= 15 is 0 Å². The molecule has 3 aromatic heterocycles. The molecule has 7 heteroatoms. The van der Waals surface area contributed by atoms with Gasteiger partial charge in [0, 0.05) is 29.1 Å². The van der Waals surface area contributed by atoms with Gasteiger partial charge in [0.2, 0.25) is 5.13 Å². The van der Waals surface area contributed by atoms with E-state index in [1.807, 2.05) is 60.7 Å². The van der Waals surface area contributed by atoms with Crippen molar-refractivity contribution in [3.63, 3.8) is 0 Å². The van der Waals surface area contributed by atoms with Gasteiger partial charge in [-0.2, -0.15) is 0 Å². The summed E-state index contributed by atoms with van der Waals surface area (Å²) >= 11 is 1.32. The minimum Gasteiger partial charge on any atom is -0.464 e. The predicted molar refractivity (Wildman–Crippen MR) is 113 cm³/mol. The summed E-state index contributed by atoms with van der Waals surface area (Å²) in [5.41, 5.74) is 2.30. The number of hydrogen-bond donors (Lipinski definition) is 1. The number of carbonyl (C=O) groups excluding carboxylic acids is 1. The summed E-state index contributed by atoms with van der Waals surface area (Å²) in [5.74, 6) is 0.465. The Balaban J connectivity index is 1.50. The van der Waals surface area contributed by atoms with Crippen LogP contribution >= 0.6 is 11.3 Å². The first-order valence-electron chi connectivity index (χ1n) is 8.90. The molecule has 3 heterocycles. The topological polar surface area (TPSA) is 80.9 Å². The van der Waals surface area contributed by atoms with Gasteiger partial charge in [0.1, 0.15) is 10.8 Å². The van der Waals surface area contributed by atoms with Crippen molar-refractivity contribution in [3.05, 3.63) is 84.9 Å². The molecule has 1 amide bonds. The minimum absolute atomic E-state index is 0.243. The molecule has 0 bridgehead atoms. The van der Waals surface area contributed by atoms with Crippen LogP contribution in [0.4, 0.5) is 5.13 Å². The van der Waals surface area contributed by atoms with Crippen LogP contribution in [-0.2, 0) is 0 Å². The second-order valence-corrected chi connectivity index (χ2v) is 7.30. The average Bonchev–Trinajstić information content (AvgIpc) is 3.46. The molecular formula is C22H14N4O2S. The van der Waals surface area contributed by atoms with Crippen LogP contribution in [0.15, 0.2) is 83.7 Å². The van der Waals surface area contributed by atoms with Gasteiger partial charge in [0.15, 0.2) is 0 Å². The molecule has 2 aromatic carbocycles. The van der Waals surface area contributed by atoms with Crippen molar-refractivity contribution >= 4 is 33.1 Å².